The summed E-state index contributed by atoms with van der Waals surface area (Å²) in [5, 5.41) is 0. The van der Waals surface area contributed by atoms with Crippen LogP contribution in [0.1, 0.15) is 40.1 Å². The van der Waals surface area contributed by atoms with Crippen LogP contribution in [0.4, 0.5) is 0 Å². The number of rotatable bonds is 6. The Labute approximate surface area is 497 Å². The lowest BCUT2D eigenvalue weighted by molar-refractivity contribution is 0.973. The van der Waals surface area contributed by atoms with Crippen LogP contribution >= 0.6 is 0 Å². The first-order chi connectivity index (χ1) is 41.6. The molecule has 13 aromatic rings. The molecule has 0 atom stereocenters. The Kier molecular flexibility index (Phi) is 24.7. The Morgan fingerprint density at radius 2 is 0.588 bits per heavy atom. The van der Waals surface area contributed by atoms with Crippen molar-refractivity contribution in [2.24, 2.45) is 0 Å². The molecule has 85 heavy (non-hydrogen) atoms. The highest BCUT2D eigenvalue weighted by molar-refractivity contribution is 5.68. The van der Waals surface area contributed by atoms with E-state index in [1.807, 2.05) is 237 Å². The van der Waals surface area contributed by atoms with E-state index in [1.54, 1.807) is 18.6 Å². The SMILES string of the molecule is Cc1cc(-c2ccccc2)nc(-c2ccccc2)n1.Cc1cccnc1.Cc1ccncc1.Cc1nc(-c2ccccc2)cc(-c2ccccc2)n1.Cc1nc(-c2ccccc2)nc(-c2ccccc2)n1.Cc1ncncn1.Cc1ncncn1. The second-order valence-electron chi connectivity index (χ2n) is 18.6. The molecule has 0 aliphatic heterocycles. The highest BCUT2D eigenvalue weighted by atomic mass is 15.0. The molecule has 0 saturated heterocycles. The van der Waals surface area contributed by atoms with Crippen LogP contribution in [0, 0.1) is 48.5 Å². The summed E-state index contributed by atoms with van der Waals surface area (Å²) in [4.78, 5) is 61.6. The number of hydrogen-bond donors (Lipinski definition) is 0. The van der Waals surface area contributed by atoms with E-state index < -0.39 is 0 Å². The molecule has 7 aromatic heterocycles. The van der Waals surface area contributed by atoms with E-state index in [4.69, 9.17) is 0 Å². The minimum atomic E-state index is 0.715. The van der Waals surface area contributed by atoms with Gasteiger partial charge in [-0.15, -0.1) is 0 Å². The summed E-state index contributed by atoms with van der Waals surface area (Å²) in [5.74, 6) is 5.25. The predicted octanol–water partition coefficient (Wildman–Crippen LogP) is 14.9. The molecule has 420 valence electrons. The summed E-state index contributed by atoms with van der Waals surface area (Å²) in [5.41, 5.74) is 12.7. The van der Waals surface area contributed by atoms with E-state index in [-0.39, 0.29) is 0 Å². The van der Waals surface area contributed by atoms with Crippen molar-refractivity contribution in [2.45, 2.75) is 48.5 Å². The monoisotopic (exact) mass is 1120 g/mol. The van der Waals surface area contributed by atoms with Crippen LogP contribution < -0.4 is 0 Å². The van der Waals surface area contributed by atoms with Crippen molar-refractivity contribution >= 4 is 0 Å². The van der Waals surface area contributed by atoms with Gasteiger partial charge in [-0.05, 0) is 89.9 Å². The Hall–Kier alpha value is -11.2. The van der Waals surface area contributed by atoms with Crippen molar-refractivity contribution in [2.75, 3.05) is 0 Å². The largest absolute Gasteiger partial charge is 0.265 e. The first-order valence-corrected chi connectivity index (χ1v) is 27.2. The molecule has 0 aliphatic carbocycles. The second-order valence-corrected chi connectivity index (χ2v) is 18.6. The molecule has 0 radical (unpaired) electrons. The van der Waals surface area contributed by atoms with Gasteiger partial charge in [0.15, 0.2) is 17.5 Å². The summed E-state index contributed by atoms with van der Waals surface area (Å²) in [6, 6.07) is 72.5. The summed E-state index contributed by atoms with van der Waals surface area (Å²) in [6.07, 6.45) is 13.1. The summed E-state index contributed by atoms with van der Waals surface area (Å²) in [6.45, 7) is 13.5. The highest BCUT2D eigenvalue weighted by Gasteiger charge is 2.09. The molecule has 0 saturated carbocycles. The number of aromatic nitrogens is 15. The molecule has 7 heterocycles. The summed E-state index contributed by atoms with van der Waals surface area (Å²) >= 11 is 0. The molecular weight excluding hydrogens is 1050 g/mol. The molecule has 15 nitrogen and oxygen atoms in total. The predicted molar refractivity (Wildman–Crippen MR) is 338 cm³/mol. The second kappa shape index (κ2) is 34.2. The van der Waals surface area contributed by atoms with Crippen LogP contribution in [0.25, 0.3) is 67.9 Å². The fourth-order valence-electron chi connectivity index (χ4n) is 7.51. The van der Waals surface area contributed by atoms with Gasteiger partial charge in [-0.3, -0.25) is 9.97 Å². The fraction of sp³-hybridized carbons (Fsp3) is 0.100. The molecule has 13 rings (SSSR count). The molecule has 0 bridgehead atoms. The molecule has 0 N–H and O–H groups in total. The minimum Gasteiger partial charge on any atom is -0.265 e. The number of hydrogen-bond acceptors (Lipinski definition) is 15. The average Bonchev–Trinajstić information content (AvgIpc) is 3.61. The van der Waals surface area contributed by atoms with Crippen LogP contribution in [0.5, 0.6) is 0 Å². The van der Waals surface area contributed by atoms with Gasteiger partial charge in [-0.1, -0.05) is 188 Å². The quantitative estimate of drug-likeness (QED) is 0.152. The van der Waals surface area contributed by atoms with Crippen molar-refractivity contribution in [3.63, 3.8) is 0 Å². The molecule has 0 amide bonds. The zero-order valence-electron chi connectivity index (χ0n) is 48.6. The van der Waals surface area contributed by atoms with Gasteiger partial charge in [-0.25, -0.2) is 64.8 Å². The molecule has 15 heteroatoms. The van der Waals surface area contributed by atoms with E-state index in [9.17, 15) is 0 Å². The Bertz CT molecular complexity index is 3300. The maximum Gasteiger partial charge on any atom is 0.163 e. The van der Waals surface area contributed by atoms with Gasteiger partial charge in [0.2, 0.25) is 0 Å². The van der Waals surface area contributed by atoms with Gasteiger partial charge in [0.25, 0.3) is 0 Å². The van der Waals surface area contributed by atoms with Gasteiger partial charge in [0.05, 0.1) is 17.1 Å². The van der Waals surface area contributed by atoms with Crippen LogP contribution in [-0.4, -0.2) is 74.8 Å². The fourth-order valence-corrected chi connectivity index (χ4v) is 7.51. The van der Waals surface area contributed by atoms with Gasteiger partial charge >= 0.3 is 0 Å². The van der Waals surface area contributed by atoms with Gasteiger partial charge in [0, 0.05) is 63.9 Å². The summed E-state index contributed by atoms with van der Waals surface area (Å²) < 4.78 is 0. The van der Waals surface area contributed by atoms with Gasteiger partial charge < -0.3 is 0 Å². The highest BCUT2D eigenvalue weighted by Crippen LogP contribution is 2.25. The van der Waals surface area contributed by atoms with Crippen LogP contribution in [-0.2, 0) is 0 Å². The average molecular weight is 1120 g/mol. The third-order valence-electron chi connectivity index (χ3n) is 11.6. The van der Waals surface area contributed by atoms with Crippen molar-refractivity contribution in [1.82, 2.24) is 74.8 Å². The zero-order chi connectivity index (χ0) is 59.7. The van der Waals surface area contributed by atoms with E-state index in [0.717, 1.165) is 85.3 Å². The van der Waals surface area contributed by atoms with E-state index in [2.05, 4.69) is 111 Å². The minimum absolute atomic E-state index is 0.715. The topological polar surface area (TPSA) is 193 Å². The lowest BCUT2D eigenvalue weighted by Crippen LogP contribution is -1.99. The molecule has 0 unspecified atom stereocenters. The van der Waals surface area contributed by atoms with E-state index >= 15 is 0 Å². The van der Waals surface area contributed by atoms with E-state index in [1.165, 1.54) is 36.4 Å². The van der Waals surface area contributed by atoms with Gasteiger partial charge in [0.1, 0.15) is 48.6 Å². The number of nitrogens with zero attached hydrogens (tertiary/aromatic N) is 15. The lowest BCUT2D eigenvalue weighted by atomic mass is 10.1. The number of aryl methyl sites for hydroxylation is 7. The van der Waals surface area contributed by atoms with Crippen LogP contribution in [0.15, 0.2) is 268 Å². The third-order valence-corrected chi connectivity index (χ3v) is 11.6. The Morgan fingerprint density at radius 3 is 0.894 bits per heavy atom. The number of benzene rings is 6. The molecular formula is C70H65N15. The Balaban J connectivity index is 0.000000149. The smallest absolute Gasteiger partial charge is 0.163 e. The van der Waals surface area contributed by atoms with Gasteiger partial charge in [-0.2, -0.15) is 0 Å². The maximum absolute atomic E-state index is 4.66. The molecule has 0 spiro atoms. The van der Waals surface area contributed by atoms with Crippen LogP contribution in [0.3, 0.4) is 0 Å². The van der Waals surface area contributed by atoms with Crippen molar-refractivity contribution in [3.8, 4) is 67.9 Å². The first-order valence-electron chi connectivity index (χ1n) is 27.2. The van der Waals surface area contributed by atoms with Crippen molar-refractivity contribution in [1.29, 1.82) is 0 Å². The standard InChI is InChI=1S/2C17H14N2.C16H13N3.2C6H7N.2C4H5N3/c1-13-18-16(14-8-4-2-5-9-14)12-17(19-13)15-10-6-3-7-11-15;1-13-12-16(14-8-4-2-5-9-14)19-17(18-13)15-10-6-3-7-11-15;1-12-17-15(13-8-4-2-5-9-13)19-16(18-12)14-10-6-3-7-11-14;1-6-2-4-7-5-3-6;1-6-3-2-4-7-5-6;2*1-4-6-2-5-3-7-4/h2*2-12H,1H3;2-11H,1H3;2*2-5H,1H3;2*2-3H,1H3. The molecule has 6 aromatic carbocycles. The first kappa shape index (κ1) is 61.4. The zero-order valence-corrected chi connectivity index (χ0v) is 48.6. The maximum atomic E-state index is 4.66. The van der Waals surface area contributed by atoms with E-state index in [0.29, 0.717) is 11.6 Å². The third kappa shape index (κ3) is 22.0. The Morgan fingerprint density at radius 1 is 0.235 bits per heavy atom. The van der Waals surface area contributed by atoms with Crippen LogP contribution in [0.2, 0.25) is 0 Å². The number of pyridine rings is 2. The summed E-state index contributed by atoms with van der Waals surface area (Å²) in [7, 11) is 0. The lowest BCUT2D eigenvalue weighted by Gasteiger charge is -2.06. The van der Waals surface area contributed by atoms with Crippen molar-refractivity contribution < 1.29 is 0 Å². The molecule has 0 aliphatic rings. The van der Waals surface area contributed by atoms with Crippen molar-refractivity contribution in [3.05, 3.63) is 309 Å². The normalized spacial score (nSPS) is 9.82. The molecule has 0 fully saturated rings.